The predicted octanol–water partition coefficient (Wildman–Crippen LogP) is 1.66. The first-order valence-corrected chi connectivity index (χ1v) is 10.5. The molecule has 29 heavy (non-hydrogen) atoms. The summed E-state index contributed by atoms with van der Waals surface area (Å²) in [5.74, 6) is 3.08. The first kappa shape index (κ1) is 20.7. The van der Waals surface area contributed by atoms with Gasteiger partial charge < -0.3 is 15.2 Å². The van der Waals surface area contributed by atoms with Crippen molar-refractivity contribution in [3.05, 3.63) is 47.8 Å². The number of anilines is 3. The number of rotatable bonds is 8. The van der Waals surface area contributed by atoms with Gasteiger partial charge in [-0.3, -0.25) is 0 Å². The Morgan fingerprint density at radius 3 is 2.45 bits per heavy atom. The van der Waals surface area contributed by atoms with Crippen molar-refractivity contribution in [3.63, 3.8) is 0 Å². The molecule has 3 N–H and O–H groups in total. The zero-order valence-electron chi connectivity index (χ0n) is 16.8. The molecule has 11 heteroatoms. The summed E-state index contributed by atoms with van der Waals surface area (Å²) in [7, 11) is -1.90. The third-order valence-electron chi connectivity index (χ3n) is 4.09. The molecule has 0 aliphatic heterocycles. The number of hydrogen-bond acceptors (Lipinski definition) is 8. The van der Waals surface area contributed by atoms with Crippen molar-refractivity contribution in [2.75, 3.05) is 23.7 Å². The van der Waals surface area contributed by atoms with Crippen LogP contribution in [-0.2, 0) is 17.1 Å². The molecule has 3 aromatic heterocycles. The van der Waals surface area contributed by atoms with Crippen LogP contribution in [0.2, 0.25) is 0 Å². The number of sulfonamides is 1. The molecule has 0 amide bonds. The highest BCUT2D eigenvalue weighted by Crippen LogP contribution is 2.16. The van der Waals surface area contributed by atoms with Gasteiger partial charge in [-0.15, -0.1) is 0 Å². The zero-order chi connectivity index (χ0) is 21.0. The van der Waals surface area contributed by atoms with Crippen LogP contribution in [-0.4, -0.2) is 46.0 Å². The highest BCUT2D eigenvalue weighted by atomic mass is 32.2. The summed E-state index contributed by atoms with van der Waals surface area (Å²) in [6.45, 7) is 6.05. The van der Waals surface area contributed by atoms with Crippen LogP contribution in [0, 0.1) is 20.8 Å². The molecule has 3 rings (SSSR count). The summed E-state index contributed by atoms with van der Waals surface area (Å²) < 4.78 is 28.8. The quantitative estimate of drug-likeness (QED) is 0.473. The molecule has 0 unspecified atom stereocenters. The van der Waals surface area contributed by atoms with Crippen molar-refractivity contribution in [2.45, 2.75) is 25.8 Å². The number of aryl methyl sites for hydroxylation is 4. The molecule has 0 fully saturated rings. The Kier molecular flexibility index (Phi) is 6.09. The van der Waals surface area contributed by atoms with Gasteiger partial charge in [0.1, 0.15) is 29.1 Å². The molecule has 10 nitrogen and oxygen atoms in total. The van der Waals surface area contributed by atoms with Gasteiger partial charge in [0.2, 0.25) is 0 Å². The molecule has 0 aromatic carbocycles. The molecule has 0 saturated heterocycles. The fraction of sp³-hybridized carbons (Fsp3) is 0.333. The summed E-state index contributed by atoms with van der Waals surface area (Å²) in [5.41, 5.74) is 1.09. The lowest BCUT2D eigenvalue weighted by molar-refractivity contribution is 0.579. The molecule has 0 aliphatic carbocycles. The van der Waals surface area contributed by atoms with E-state index in [1.807, 2.05) is 19.1 Å². The Morgan fingerprint density at radius 2 is 1.76 bits per heavy atom. The largest absolute Gasteiger partial charge is 0.369 e. The van der Waals surface area contributed by atoms with Crippen LogP contribution in [0.25, 0.3) is 0 Å². The van der Waals surface area contributed by atoms with E-state index >= 15 is 0 Å². The minimum atomic E-state index is -3.65. The van der Waals surface area contributed by atoms with E-state index in [4.69, 9.17) is 0 Å². The van der Waals surface area contributed by atoms with Crippen molar-refractivity contribution in [1.29, 1.82) is 0 Å². The Bertz CT molecular complexity index is 1090. The Hall–Kier alpha value is -3.05. The number of nitrogens with one attached hydrogen (secondary N) is 3. The van der Waals surface area contributed by atoms with Crippen molar-refractivity contribution in [3.8, 4) is 0 Å². The molecule has 0 atom stereocenters. The summed E-state index contributed by atoms with van der Waals surface area (Å²) in [4.78, 5) is 17.0. The fourth-order valence-corrected chi connectivity index (χ4v) is 3.63. The third kappa shape index (κ3) is 5.48. The lowest BCUT2D eigenvalue weighted by Crippen LogP contribution is -2.29. The van der Waals surface area contributed by atoms with Gasteiger partial charge in [0, 0.05) is 38.6 Å². The van der Waals surface area contributed by atoms with Crippen molar-refractivity contribution < 1.29 is 8.42 Å². The number of imidazole rings is 1. The van der Waals surface area contributed by atoms with E-state index < -0.39 is 10.0 Å². The summed E-state index contributed by atoms with van der Waals surface area (Å²) in [6.07, 6.45) is 3.20. The monoisotopic (exact) mass is 416 g/mol. The highest BCUT2D eigenvalue weighted by molar-refractivity contribution is 7.89. The minimum Gasteiger partial charge on any atom is -0.369 e. The molecule has 0 saturated carbocycles. The normalized spacial score (nSPS) is 11.4. The second kappa shape index (κ2) is 8.53. The van der Waals surface area contributed by atoms with Gasteiger partial charge in [0.15, 0.2) is 5.03 Å². The van der Waals surface area contributed by atoms with Crippen LogP contribution in [0.3, 0.4) is 0 Å². The van der Waals surface area contributed by atoms with Gasteiger partial charge in [-0.1, -0.05) is 0 Å². The van der Waals surface area contributed by atoms with Crippen LogP contribution in [0.4, 0.5) is 17.5 Å². The zero-order valence-corrected chi connectivity index (χ0v) is 17.6. The third-order valence-corrected chi connectivity index (χ3v) is 5.43. The van der Waals surface area contributed by atoms with Gasteiger partial charge >= 0.3 is 0 Å². The molecule has 3 heterocycles. The van der Waals surface area contributed by atoms with Crippen molar-refractivity contribution >= 4 is 27.5 Å². The number of nitrogens with zero attached hydrogens (tertiary/aromatic N) is 5. The van der Waals surface area contributed by atoms with E-state index in [-0.39, 0.29) is 11.6 Å². The smallest absolute Gasteiger partial charge is 0.259 e. The van der Waals surface area contributed by atoms with Gasteiger partial charge in [0.25, 0.3) is 10.0 Å². The molecule has 0 aliphatic rings. The SMILES string of the molecule is Cc1ccnc(Nc2cc(NCCNS(=O)(=O)c3cn(C)c(C)n3)nc(C)n2)c1. The van der Waals surface area contributed by atoms with Crippen molar-refractivity contribution in [2.24, 2.45) is 7.05 Å². The molecule has 154 valence electrons. The van der Waals surface area contributed by atoms with Crippen molar-refractivity contribution in [1.82, 2.24) is 29.2 Å². The fourth-order valence-electron chi connectivity index (χ4n) is 2.56. The van der Waals surface area contributed by atoms with Crippen LogP contribution in [0.1, 0.15) is 17.2 Å². The first-order chi connectivity index (χ1) is 13.7. The second-order valence-corrected chi connectivity index (χ2v) is 8.30. The maximum atomic E-state index is 12.3. The van der Waals surface area contributed by atoms with E-state index in [0.717, 1.165) is 5.56 Å². The van der Waals surface area contributed by atoms with Gasteiger partial charge in [-0.25, -0.2) is 33.1 Å². The topological polar surface area (TPSA) is 127 Å². The number of pyridine rings is 1. The molecule has 0 radical (unpaired) electrons. The van der Waals surface area contributed by atoms with E-state index in [1.165, 1.54) is 6.20 Å². The Balaban J connectivity index is 1.58. The Morgan fingerprint density at radius 1 is 1.00 bits per heavy atom. The van der Waals surface area contributed by atoms with Crippen LogP contribution in [0.5, 0.6) is 0 Å². The Labute approximate surface area is 169 Å². The minimum absolute atomic E-state index is 0.00696. The van der Waals surface area contributed by atoms with E-state index in [1.54, 1.807) is 37.7 Å². The number of hydrogen-bond donors (Lipinski definition) is 3. The van der Waals surface area contributed by atoms with Crippen LogP contribution < -0.4 is 15.4 Å². The highest BCUT2D eigenvalue weighted by Gasteiger charge is 2.17. The van der Waals surface area contributed by atoms with E-state index in [0.29, 0.717) is 35.6 Å². The molecular formula is C18H24N8O2S. The molecule has 0 bridgehead atoms. The summed E-state index contributed by atoms with van der Waals surface area (Å²) in [5, 5.41) is 6.25. The summed E-state index contributed by atoms with van der Waals surface area (Å²) in [6, 6.07) is 5.57. The first-order valence-electron chi connectivity index (χ1n) is 9.02. The van der Waals surface area contributed by atoms with Gasteiger partial charge in [-0.05, 0) is 38.5 Å². The number of aromatic nitrogens is 5. The van der Waals surface area contributed by atoms with Crippen LogP contribution >= 0.6 is 0 Å². The van der Waals surface area contributed by atoms with Gasteiger partial charge in [-0.2, -0.15) is 0 Å². The van der Waals surface area contributed by atoms with E-state index in [2.05, 4.69) is 35.3 Å². The predicted molar refractivity (Wildman–Crippen MR) is 111 cm³/mol. The van der Waals surface area contributed by atoms with Gasteiger partial charge in [0.05, 0.1) is 0 Å². The maximum Gasteiger partial charge on any atom is 0.259 e. The standard InChI is InChI=1S/C18H24N8O2S/c1-12-5-6-19-15(9-12)25-17-10-16(22-13(2)23-17)20-7-8-21-29(27,28)18-11-26(4)14(3)24-18/h5-6,9-11,21H,7-8H2,1-4H3,(H2,19,20,22,23,25). The average Bonchev–Trinajstić information content (AvgIpc) is 2.98. The average molecular weight is 417 g/mol. The molecule has 0 spiro atoms. The molecule has 3 aromatic rings. The maximum absolute atomic E-state index is 12.3. The lowest BCUT2D eigenvalue weighted by Gasteiger charge is -2.10. The van der Waals surface area contributed by atoms with E-state index in [9.17, 15) is 8.42 Å². The molecular weight excluding hydrogens is 392 g/mol. The summed E-state index contributed by atoms with van der Waals surface area (Å²) >= 11 is 0. The van der Waals surface area contributed by atoms with Crippen LogP contribution in [0.15, 0.2) is 35.6 Å². The second-order valence-electron chi connectivity index (χ2n) is 6.59. The lowest BCUT2D eigenvalue weighted by atomic mass is 10.3.